The highest BCUT2D eigenvalue weighted by Crippen LogP contribution is 2.15. The standard InChI is InChI=1S/C11H11FO3/c1-7-3-8(5-11(14)15-2)9(6-13)10(12)4-7/h3-4,6H,5H2,1-2H3. The SMILES string of the molecule is COC(=O)Cc1cc(C)cc(F)c1C=O. The Bertz CT molecular complexity index is 399. The minimum atomic E-state index is -0.607. The number of hydrogen-bond acceptors (Lipinski definition) is 3. The second-order valence-corrected chi connectivity index (χ2v) is 3.19. The van der Waals surface area contributed by atoms with E-state index in [2.05, 4.69) is 4.74 Å². The number of rotatable bonds is 3. The summed E-state index contributed by atoms with van der Waals surface area (Å²) < 4.78 is 17.7. The van der Waals surface area contributed by atoms with E-state index in [1.54, 1.807) is 13.0 Å². The van der Waals surface area contributed by atoms with Crippen molar-refractivity contribution in [2.45, 2.75) is 13.3 Å². The number of halogens is 1. The number of aryl methyl sites for hydroxylation is 1. The molecule has 0 fully saturated rings. The van der Waals surface area contributed by atoms with Crippen molar-refractivity contribution < 1.29 is 18.7 Å². The van der Waals surface area contributed by atoms with Gasteiger partial charge in [-0.3, -0.25) is 9.59 Å². The van der Waals surface area contributed by atoms with Gasteiger partial charge in [0.05, 0.1) is 19.1 Å². The molecule has 0 saturated carbocycles. The van der Waals surface area contributed by atoms with E-state index in [1.165, 1.54) is 13.2 Å². The largest absolute Gasteiger partial charge is 0.469 e. The van der Waals surface area contributed by atoms with E-state index in [-0.39, 0.29) is 12.0 Å². The van der Waals surface area contributed by atoms with Crippen LogP contribution >= 0.6 is 0 Å². The van der Waals surface area contributed by atoms with Crippen LogP contribution in [0, 0.1) is 12.7 Å². The van der Waals surface area contributed by atoms with Crippen molar-refractivity contribution in [1.82, 2.24) is 0 Å². The number of esters is 1. The minimum absolute atomic E-state index is 0.0778. The van der Waals surface area contributed by atoms with Gasteiger partial charge >= 0.3 is 5.97 Å². The molecule has 0 heterocycles. The molecule has 0 bridgehead atoms. The lowest BCUT2D eigenvalue weighted by molar-refractivity contribution is -0.139. The van der Waals surface area contributed by atoms with Gasteiger partial charge in [0.1, 0.15) is 5.82 Å². The summed E-state index contributed by atoms with van der Waals surface area (Å²) in [6.07, 6.45) is 0.316. The van der Waals surface area contributed by atoms with Gasteiger partial charge in [-0.1, -0.05) is 6.07 Å². The Balaban J connectivity index is 3.14. The fourth-order valence-corrected chi connectivity index (χ4v) is 1.33. The number of hydrogen-bond donors (Lipinski definition) is 0. The summed E-state index contributed by atoms with van der Waals surface area (Å²) in [5.74, 6) is -1.10. The third-order valence-electron chi connectivity index (χ3n) is 2.04. The van der Waals surface area contributed by atoms with E-state index < -0.39 is 11.8 Å². The third kappa shape index (κ3) is 2.62. The van der Waals surface area contributed by atoms with Crippen molar-refractivity contribution in [3.05, 3.63) is 34.6 Å². The summed E-state index contributed by atoms with van der Waals surface area (Å²) in [5.41, 5.74) is 0.942. The van der Waals surface area contributed by atoms with Gasteiger partial charge in [0.15, 0.2) is 6.29 Å². The van der Waals surface area contributed by atoms with Crippen molar-refractivity contribution >= 4 is 12.3 Å². The van der Waals surface area contributed by atoms with Crippen LogP contribution in [0.15, 0.2) is 12.1 Å². The molecule has 1 aromatic rings. The van der Waals surface area contributed by atoms with Crippen molar-refractivity contribution in [2.24, 2.45) is 0 Å². The van der Waals surface area contributed by atoms with Crippen LogP contribution in [0.4, 0.5) is 4.39 Å². The maximum absolute atomic E-state index is 13.3. The van der Waals surface area contributed by atoms with Crippen LogP contribution in [-0.2, 0) is 16.0 Å². The van der Waals surface area contributed by atoms with Crippen molar-refractivity contribution in [1.29, 1.82) is 0 Å². The van der Waals surface area contributed by atoms with Gasteiger partial charge in [-0.05, 0) is 24.1 Å². The van der Waals surface area contributed by atoms with Crippen LogP contribution in [0.5, 0.6) is 0 Å². The lowest BCUT2D eigenvalue weighted by Crippen LogP contribution is -2.08. The average Bonchev–Trinajstić information content (AvgIpc) is 2.17. The quantitative estimate of drug-likeness (QED) is 0.563. The molecule has 15 heavy (non-hydrogen) atoms. The second-order valence-electron chi connectivity index (χ2n) is 3.19. The van der Waals surface area contributed by atoms with Crippen molar-refractivity contribution in [2.75, 3.05) is 7.11 Å². The molecule has 0 aliphatic carbocycles. The normalized spacial score (nSPS) is 9.80. The fraction of sp³-hybridized carbons (Fsp3) is 0.273. The monoisotopic (exact) mass is 210 g/mol. The van der Waals surface area contributed by atoms with Crippen LogP contribution in [-0.4, -0.2) is 19.4 Å². The van der Waals surface area contributed by atoms with Gasteiger partial charge in [-0.15, -0.1) is 0 Å². The predicted molar refractivity (Wildman–Crippen MR) is 52.2 cm³/mol. The number of ether oxygens (including phenoxy) is 1. The molecule has 4 heteroatoms. The molecule has 3 nitrogen and oxygen atoms in total. The Kier molecular flexibility index (Phi) is 3.55. The van der Waals surface area contributed by atoms with E-state index in [4.69, 9.17) is 0 Å². The fourth-order valence-electron chi connectivity index (χ4n) is 1.33. The highest BCUT2D eigenvalue weighted by molar-refractivity contribution is 5.82. The van der Waals surface area contributed by atoms with E-state index in [0.717, 1.165) is 0 Å². The van der Waals surface area contributed by atoms with E-state index in [1.807, 2.05) is 0 Å². The Labute approximate surface area is 86.9 Å². The van der Waals surface area contributed by atoms with Crippen LogP contribution in [0.2, 0.25) is 0 Å². The number of aldehydes is 1. The van der Waals surface area contributed by atoms with Crippen LogP contribution < -0.4 is 0 Å². The maximum Gasteiger partial charge on any atom is 0.310 e. The molecule has 0 amide bonds. The smallest absolute Gasteiger partial charge is 0.310 e. The summed E-state index contributed by atoms with van der Waals surface area (Å²) in [6.45, 7) is 1.69. The summed E-state index contributed by atoms with van der Waals surface area (Å²) in [5, 5.41) is 0. The lowest BCUT2D eigenvalue weighted by atomic mass is 10.0. The molecule has 0 N–H and O–H groups in total. The molecule has 0 spiro atoms. The maximum atomic E-state index is 13.3. The Hall–Kier alpha value is -1.71. The molecule has 0 aromatic heterocycles. The molecule has 1 aromatic carbocycles. The summed E-state index contributed by atoms with van der Waals surface area (Å²) in [4.78, 5) is 21.6. The van der Waals surface area contributed by atoms with Gasteiger partial charge < -0.3 is 4.74 Å². The zero-order valence-electron chi connectivity index (χ0n) is 8.54. The van der Waals surface area contributed by atoms with E-state index in [0.29, 0.717) is 17.4 Å². The minimum Gasteiger partial charge on any atom is -0.469 e. The first-order chi connectivity index (χ1) is 7.08. The molecule has 0 unspecified atom stereocenters. The summed E-state index contributed by atoms with van der Waals surface area (Å²) in [7, 11) is 1.25. The molecule has 1 rings (SSSR count). The topological polar surface area (TPSA) is 43.4 Å². The first kappa shape index (κ1) is 11.4. The Morgan fingerprint density at radius 3 is 2.73 bits per heavy atom. The van der Waals surface area contributed by atoms with E-state index >= 15 is 0 Å². The molecule has 0 radical (unpaired) electrons. The zero-order chi connectivity index (χ0) is 11.4. The van der Waals surface area contributed by atoms with E-state index in [9.17, 15) is 14.0 Å². The number of benzene rings is 1. The average molecular weight is 210 g/mol. The van der Waals surface area contributed by atoms with Gasteiger partial charge in [0.25, 0.3) is 0 Å². The molecule has 0 atom stereocenters. The molecular formula is C11H11FO3. The Morgan fingerprint density at radius 2 is 2.20 bits per heavy atom. The van der Waals surface area contributed by atoms with Gasteiger partial charge in [-0.2, -0.15) is 0 Å². The van der Waals surface area contributed by atoms with Crippen molar-refractivity contribution in [3.63, 3.8) is 0 Å². The zero-order valence-corrected chi connectivity index (χ0v) is 8.54. The molecule has 0 aliphatic rings. The van der Waals surface area contributed by atoms with Crippen molar-refractivity contribution in [3.8, 4) is 0 Å². The molecular weight excluding hydrogens is 199 g/mol. The number of carbonyl (C=O) groups is 2. The van der Waals surface area contributed by atoms with Gasteiger partial charge in [-0.25, -0.2) is 4.39 Å². The second kappa shape index (κ2) is 4.68. The lowest BCUT2D eigenvalue weighted by Gasteiger charge is -2.06. The van der Waals surface area contributed by atoms with Gasteiger partial charge in [0, 0.05) is 0 Å². The molecule has 0 saturated heterocycles. The first-order valence-electron chi connectivity index (χ1n) is 4.39. The highest BCUT2D eigenvalue weighted by atomic mass is 19.1. The van der Waals surface area contributed by atoms with Crippen LogP contribution in [0.1, 0.15) is 21.5 Å². The summed E-state index contributed by atoms with van der Waals surface area (Å²) >= 11 is 0. The van der Waals surface area contributed by atoms with Crippen LogP contribution in [0.3, 0.4) is 0 Å². The predicted octanol–water partition coefficient (Wildman–Crippen LogP) is 1.66. The first-order valence-corrected chi connectivity index (χ1v) is 4.39. The Morgan fingerprint density at radius 1 is 1.53 bits per heavy atom. The molecule has 80 valence electrons. The number of carbonyl (C=O) groups excluding carboxylic acids is 2. The molecule has 0 aliphatic heterocycles. The van der Waals surface area contributed by atoms with Gasteiger partial charge in [0.2, 0.25) is 0 Å². The van der Waals surface area contributed by atoms with Crippen LogP contribution in [0.25, 0.3) is 0 Å². The third-order valence-corrected chi connectivity index (χ3v) is 2.04. The summed E-state index contributed by atoms with van der Waals surface area (Å²) in [6, 6.07) is 2.86. The highest BCUT2D eigenvalue weighted by Gasteiger charge is 2.12. The number of methoxy groups -OCH3 is 1.